The van der Waals surface area contributed by atoms with E-state index >= 15 is 0 Å². The lowest BCUT2D eigenvalue weighted by Crippen LogP contribution is -2.30. The highest BCUT2D eigenvalue weighted by Crippen LogP contribution is 2.14. The summed E-state index contributed by atoms with van der Waals surface area (Å²) in [5.74, 6) is -1.07. The molecule has 0 saturated carbocycles. The number of carbonyl (C=O) groups is 3. The van der Waals surface area contributed by atoms with E-state index in [9.17, 15) is 14.4 Å². The van der Waals surface area contributed by atoms with E-state index in [4.69, 9.17) is 14.2 Å². The molecule has 0 saturated heterocycles. The van der Waals surface area contributed by atoms with Gasteiger partial charge in [0.2, 0.25) is 0 Å². The monoisotopic (exact) mass is 1050 g/mol. The van der Waals surface area contributed by atoms with Gasteiger partial charge in [0.1, 0.15) is 13.2 Å². The van der Waals surface area contributed by atoms with Gasteiger partial charge in [-0.3, -0.25) is 14.4 Å². The van der Waals surface area contributed by atoms with Gasteiger partial charge in [-0.1, -0.05) is 275 Å². The van der Waals surface area contributed by atoms with Crippen molar-refractivity contribution in [1.29, 1.82) is 0 Å². The molecule has 0 aromatic rings. The molecule has 76 heavy (non-hydrogen) atoms. The number of rotatable bonds is 53. The summed E-state index contributed by atoms with van der Waals surface area (Å²) in [5, 5.41) is 0. The third kappa shape index (κ3) is 59.9. The largest absolute Gasteiger partial charge is 0.462 e. The molecule has 0 amide bonds. The maximum atomic E-state index is 12.8. The van der Waals surface area contributed by atoms with Crippen LogP contribution >= 0.6 is 0 Å². The van der Waals surface area contributed by atoms with Gasteiger partial charge in [0.05, 0.1) is 6.42 Å². The predicted octanol–water partition coefficient (Wildman–Crippen LogP) is 20.9. The van der Waals surface area contributed by atoms with E-state index in [0.717, 1.165) is 122 Å². The summed E-state index contributed by atoms with van der Waals surface area (Å²) in [5.41, 5.74) is 0. The standard InChI is InChI=1S/C70H110O6/c1-4-7-10-13-16-19-22-24-26-27-28-29-30-31-32-33-34-35-36-37-38-39-40-41-42-43-45-46-48-51-54-57-60-63-69(72)75-66-67(65-74-68(71)62-59-56-53-50-21-18-15-12-9-6-3)76-70(73)64-61-58-55-52-49-47-44-25-23-20-17-14-11-8-5-2/h7-8,10-11,16-17,19-20,24-26,28-29,31-32,34-35,37-38,40-41,44,49,52,58,61,67H,4-6,9,12-15,18,21-23,27,30,33,36,39,42-43,45-48,50-51,53-57,59-60,62-66H2,1-3H3/b10-7-,11-8-,19-16-,20-17-,26-24-,29-28-,32-31-,35-34-,38-37-,41-40-,44-25-,52-49-,61-58-. The third-order valence-corrected chi connectivity index (χ3v) is 12.3. The van der Waals surface area contributed by atoms with Crippen molar-refractivity contribution in [2.45, 2.75) is 252 Å². The molecule has 1 atom stereocenters. The van der Waals surface area contributed by atoms with E-state index in [1.807, 2.05) is 6.08 Å². The summed E-state index contributed by atoms with van der Waals surface area (Å²) in [6.45, 7) is 6.29. The van der Waals surface area contributed by atoms with Crippen LogP contribution in [0.5, 0.6) is 0 Å². The minimum Gasteiger partial charge on any atom is -0.462 e. The van der Waals surface area contributed by atoms with Crippen LogP contribution in [0.15, 0.2) is 158 Å². The van der Waals surface area contributed by atoms with Crippen molar-refractivity contribution in [3.8, 4) is 0 Å². The first-order valence-electron chi connectivity index (χ1n) is 30.5. The van der Waals surface area contributed by atoms with Gasteiger partial charge in [-0.25, -0.2) is 0 Å². The molecule has 0 rings (SSSR count). The van der Waals surface area contributed by atoms with Gasteiger partial charge in [-0.05, 0) is 109 Å². The number of esters is 3. The molecule has 0 fully saturated rings. The molecule has 426 valence electrons. The van der Waals surface area contributed by atoms with E-state index in [1.165, 1.54) is 77.0 Å². The van der Waals surface area contributed by atoms with Gasteiger partial charge < -0.3 is 14.2 Å². The number of hydrogen-bond donors (Lipinski definition) is 0. The van der Waals surface area contributed by atoms with Crippen LogP contribution in [0.3, 0.4) is 0 Å². The topological polar surface area (TPSA) is 78.9 Å². The van der Waals surface area contributed by atoms with Crippen molar-refractivity contribution in [1.82, 2.24) is 0 Å². The third-order valence-electron chi connectivity index (χ3n) is 12.3. The van der Waals surface area contributed by atoms with Gasteiger partial charge in [-0.2, -0.15) is 0 Å². The quantitative estimate of drug-likeness (QED) is 0.0261. The lowest BCUT2D eigenvalue weighted by Gasteiger charge is -2.18. The highest BCUT2D eigenvalue weighted by molar-refractivity contribution is 5.72. The summed E-state index contributed by atoms with van der Waals surface area (Å²) in [7, 11) is 0. The molecule has 0 N–H and O–H groups in total. The maximum absolute atomic E-state index is 12.8. The van der Waals surface area contributed by atoms with Crippen molar-refractivity contribution < 1.29 is 28.6 Å². The van der Waals surface area contributed by atoms with Gasteiger partial charge in [0.15, 0.2) is 6.10 Å². The van der Waals surface area contributed by atoms with Crippen LogP contribution in [-0.4, -0.2) is 37.2 Å². The average Bonchev–Trinajstić information content (AvgIpc) is 3.42. The fraction of sp³-hybridized carbons (Fsp3) is 0.586. The van der Waals surface area contributed by atoms with Crippen LogP contribution in [0.2, 0.25) is 0 Å². The van der Waals surface area contributed by atoms with E-state index in [1.54, 1.807) is 6.08 Å². The second-order valence-electron chi connectivity index (χ2n) is 19.5. The highest BCUT2D eigenvalue weighted by Gasteiger charge is 2.19. The molecule has 0 aliphatic heterocycles. The van der Waals surface area contributed by atoms with Crippen LogP contribution in [0.1, 0.15) is 245 Å². The van der Waals surface area contributed by atoms with Crippen LogP contribution in [0, 0.1) is 0 Å². The van der Waals surface area contributed by atoms with Crippen LogP contribution < -0.4 is 0 Å². The molecule has 6 nitrogen and oxygen atoms in total. The molecule has 0 radical (unpaired) electrons. The normalized spacial score (nSPS) is 13.2. The second kappa shape index (κ2) is 62.6. The Morgan fingerprint density at radius 1 is 0.289 bits per heavy atom. The Bertz CT molecular complexity index is 1720. The second-order valence-corrected chi connectivity index (χ2v) is 19.5. The summed E-state index contributed by atoms with van der Waals surface area (Å²) < 4.78 is 16.7. The Kier molecular flexibility index (Phi) is 58.5. The van der Waals surface area contributed by atoms with Gasteiger partial charge >= 0.3 is 17.9 Å². The summed E-state index contributed by atoms with van der Waals surface area (Å²) in [6.07, 6.45) is 91.4. The molecular weight excluding hydrogens is 937 g/mol. The lowest BCUT2D eigenvalue weighted by molar-refractivity contribution is -0.166. The number of unbranched alkanes of at least 4 members (excludes halogenated alkanes) is 17. The zero-order valence-corrected chi connectivity index (χ0v) is 48.7. The molecule has 6 heteroatoms. The molecule has 0 aromatic carbocycles. The molecule has 0 spiro atoms. The molecule has 0 bridgehead atoms. The van der Waals surface area contributed by atoms with Crippen LogP contribution in [0.25, 0.3) is 0 Å². The smallest absolute Gasteiger partial charge is 0.310 e. The number of carbonyl (C=O) groups excluding carboxylic acids is 3. The van der Waals surface area contributed by atoms with Crippen molar-refractivity contribution in [2.24, 2.45) is 0 Å². The van der Waals surface area contributed by atoms with Gasteiger partial charge in [0.25, 0.3) is 0 Å². The first-order valence-corrected chi connectivity index (χ1v) is 30.5. The molecule has 0 aromatic heterocycles. The fourth-order valence-corrected chi connectivity index (χ4v) is 7.83. The fourth-order valence-electron chi connectivity index (χ4n) is 7.83. The summed E-state index contributed by atoms with van der Waals surface area (Å²) in [4.78, 5) is 38.0. The Morgan fingerprint density at radius 3 is 0.868 bits per heavy atom. The van der Waals surface area contributed by atoms with Crippen molar-refractivity contribution in [3.05, 3.63) is 158 Å². The Labute approximate surface area is 467 Å². The summed E-state index contributed by atoms with van der Waals surface area (Å²) >= 11 is 0. The zero-order valence-electron chi connectivity index (χ0n) is 48.7. The number of hydrogen-bond acceptors (Lipinski definition) is 6. The molecule has 0 heterocycles. The Hall–Kier alpha value is -4.97. The number of ether oxygens (including phenoxy) is 3. The number of allylic oxidation sites excluding steroid dienone is 25. The van der Waals surface area contributed by atoms with Crippen molar-refractivity contribution >= 4 is 17.9 Å². The zero-order chi connectivity index (χ0) is 55.0. The minimum absolute atomic E-state index is 0.0900. The van der Waals surface area contributed by atoms with Gasteiger partial charge in [0, 0.05) is 12.8 Å². The van der Waals surface area contributed by atoms with Crippen LogP contribution in [0.4, 0.5) is 0 Å². The van der Waals surface area contributed by atoms with E-state index in [2.05, 4.69) is 167 Å². The Balaban J connectivity index is 4.30. The summed E-state index contributed by atoms with van der Waals surface area (Å²) in [6, 6.07) is 0. The molecule has 0 aliphatic rings. The first-order chi connectivity index (χ1) is 37.5. The Morgan fingerprint density at radius 2 is 0.553 bits per heavy atom. The van der Waals surface area contributed by atoms with E-state index in [-0.39, 0.29) is 31.6 Å². The maximum Gasteiger partial charge on any atom is 0.310 e. The SMILES string of the molecule is CC/C=C\C/C=C\C/C=C\C/C=C\C/C=C\C/C=C\C/C=C\C/C=C\CCCCCCCCCCC(=O)OCC(COC(=O)CCCCCCCCCCCC)OC(=O)C/C=C\C/C=C\C/C=C\C/C=C\C/C=C\CC. The van der Waals surface area contributed by atoms with Gasteiger partial charge in [-0.15, -0.1) is 0 Å². The predicted molar refractivity (Wildman–Crippen MR) is 329 cm³/mol. The molecule has 0 aliphatic carbocycles. The van der Waals surface area contributed by atoms with E-state index < -0.39 is 12.1 Å². The highest BCUT2D eigenvalue weighted by atomic mass is 16.6. The van der Waals surface area contributed by atoms with Crippen LogP contribution in [-0.2, 0) is 28.6 Å². The van der Waals surface area contributed by atoms with E-state index in [0.29, 0.717) is 19.3 Å². The van der Waals surface area contributed by atoms with Crippen molar-refractivity contribution in [2.75, 3.05) is 13.2 Å². The molecular formula is C70H110O6. The molecule has 1 unspecified atom stereocenters. The van der Waals surface area contributed by atoms with Crippen molar-refractivity contribution in [3.63, 3.8) is 0 Å². The lowest BCUT2D eigenvalue weighted by atomic mass is 10.1. The first kappa shape index (κ1) is 71.0. The minimum atomic E-state index is -0.840. The average molecular weight is 1050 g/mol.